The standard InChI is InChI=1S/C22H24FN5O2/c1-11-7-12(2)26-22(25-11)28-21(30)19-16-8-14(13-3-5-15(23)6-4-13)9-18(29)17(16)10-24-20(19)27-28/h3-7,14,16-17,19-20,24,27H,8-10H2,1-2H3. The molecule has 3 heterocycles. The summed E-state index contributed by atoms with van der Waals surface area (Å²) >= 11 is 0. The highest BCUT2D eigenvalue weighted by molar-refractivity contribution is 5.96. The number of fused-ring (bicyclic) bond motifs is 3. The van der Waals surface area contributed by atoms with E-state index in [1.54, 1.807) is 12.1 Å². The Bertz CT molecular complexity index is 991. The Morgan fingerprint density at radius 3 is 2.50 bits per heavy atom. The number of piperidine rings is 1. The molecular weight excluding hydrogens is 385 g/mol. The highest BCUT2D eigenvalue weighted by atomic mass is 19.1. The molecule has 1 aromatic heterocycles. The maximum atomic E-state index is 13.4. The van der Waals surface area contributed by atoms with Gasteiger partial charge in [0.15, 0.2) is 0 Å². The lowest BCUT2D eigenvalue weighted by molar-refractivity contribution is -0.133. The lowest BCUT2D eigenvalue weighted by Gasteiger charge is -2.43. The number of aryl methyl sites for hydroxylation is 2. The van der Waals surface area contributed by atoms with Crippen molar-refractivity contribution in [1.29, 1.82) is 0 Å². The molecule has 5 unspecified atom stereocenters. The van der Waals surface area contributed by atoms with Crippen LogP contribution < -0.4 is 15.8 Å². The molecule has 2 aromatic rings. The quantitative estimate of drug-likeness (QED) is 0.789. The zero-order valence-corrected chi connectivity index (χ0v) is 16.9. The highest BCUT2D eigenvalue weighted by Crippen LogP contribution is 2.45. The van der Waals surface area contributed by atoms with Gasteiger partial charge in [-0.2, -0.15) is 0 Å². The third-order valence-corrected chi connectivity index (χ3v) is 6.60. The first kappa shape index (κ1) is 19.3. The van der Waals surface area contributed by atoms with E-state index >= 15 is 0 Å². The molecule has 1 aromatic carbocycles. The van der Waals surface area contributed by atoms with Gasteiger partial charge in [0, 0.05) is 30.3 Å². The lowest BCUT2D eigenvalue weighted by atomic mass is 9.64. The Balaban J connectivity index is 1.44. The first-order valence-corrected chi connectivity index (χ1v) is 10.3. The van der Waals surface area contributed by atoms with E-state index in [1.807, 2.05) is 19.9 Å². The van der Waals surface area contributed by atoms with Crippen LogP contribution in [0.3, 0.4) is 0 Å². The summed E-state index contributed by atoms with van der Waals surface area (Å²) in [7, 11) is 0. The second-order valence-corrected chi connectivity index (χ2v) is 8.59. The number of carbonyl (C=O) groups excluding carboxylic acids is 2. The Kier molecular flexibility index (Phi) is 4.63. The summed E-state index contributed by atoms with van der Waals surface area (Å²) < 4.78 is 13.3. The van der Waals surface area contributed by atoms with Crippen molar-refractivity contribution in [3.63, 3.8) is 0 Å². The molecule has 1 saturated carbocycles. The molecule has 2 aliphatic heterocycles. The average molecular weight is 409 g/mol. The Morgan fingerprint density at radius 1 is 1.10 bits per heavy atom. The topological polar surface area (TPSA) is 87.2 Å². The number of Topliss-reactive ketones (excluding diaryl/α,β-unsaturated/α-hetero) is 1. The van der Waals surface area contributed by atoms with Gasteiger partial charge in [0.1, 0.15) is 11.6 Å². The fourth-order valence-corrected chi connectivity index (χ4v) is 5.26. The fraction of sp³-hybridized carbons (Fsp3) is 0.455. The van der Waals surface area contributed by atoms with E-state index in [0.29, 0.717) is 18.9 Å². The van der Waals surface area contributed by atoms with Gasteiger partial charge < -0.3 is 0 Å². The van der Waals surface area contributed by atoms with Gasteiger partial charge in [0.2, 0.25) is 11.9 Å². The van der Waals surface area contributed by atoms with Crippen LogP contribution in [-0.2, 0) is 9.59 Å². The van der Waals surface area contributed by atoms with Crippen LogP contribution in [-0.4, -0.2) is 34.4 Å². The number of carbonyl (C=O) groups is 2. The number of amides is 1. The lowest BCUT2D eigenvalue weighted by Crippen LogP contribution is -2.57. The number of hydrazine groups is 1. The SMILES string of the molecule is Cc1cc(C)nc(N2NC3NCC4C(=O)CC(c5ccc(F)cc5)CC4C3C2=O)n1. The smallest absolute Gasteiger partial charge is 0.250 e. The van der Waals surface area contributed by atoms with Gasteiger partial charge >= 0.3 is 0 Å². The molecule has 0 radical (unpaired) electrons. The third-order valence-electron chi connectivity index (χ3n) is 6.60. The first-order chi connectivity index (χ1) is 14.4. The summed E-state index contributed by atoms with van der Waals surface area (Å²) in [4.78, 5) is 35.2. The van der Waals surface area contributed by atoms with Crippen LogP contribution in [0.5, 0.6) is 0 Å². The van der Waals surface area contributed by atoms with Gasteiger partial charge in [0.25, 0.3) is 0 Å². The van der Waals surface area contributed by atoms with Gasteiger partial charge in [-0.3, -0.25) is 14.9 Å². The molecule has 8 heteroatoms. The average Bonchev–Trinajstić information content (AvgIpc) is 3.05. The van der Waals surface area contributed by atoms with Gasteiger partial charge in [-0.05, 0) is 55.9 Å². The predicted molar refractivity (Wildman–Crippen MR) is 108 cm³/mol. The molecule has 7 nitrogen and oxygen atoms in total. The van der Waals surface area contributed by atoms with E-state index in [0.717, 1.165) is 23.4 Å². The van der Waals surface area contributed by atoms with Crippen LogP contribution >= 0.6 is 0 Å². The number of ketones is 1. The van der Waals surface area contributed by atoms with Gasteiger partial charge in [-0.25, -0.2) is 24.8 Å². The summed E-state index contributed by atoms with van der Waals surface area (Å²) in [6.45, 7) is 4.28. The number of rotatable bonds is 2. The van der Waals surface area contributed by atoms with E-state index in [2.05, 4.69) is 20.7 Å². The number of nitrogens with zero attached hydrogens (tertiary/aromatic N) is 3. The number of anilines is 1. The molecule has 1 aliphatic carbocycles. The van der Waals surface area contributed by atoms with Crippen LogP contribution in [0.2, 0.25) is 0 Å². The molecule has 1 amide bonds. The summed E-state index contributed by atoms with van der Waals surface area (Å²) in [5.74, 6) is -0.544. The van der Waals surface area contributed by atoms with E-state index < -0.39 is 0 Å². The highest BCUT2D eigenvalue weighted by Gasteiger charge is 2.54. The molecule has 2 N–H and O–H groups in total. The Labute approximate surface area is 174 Å². The van der Waals surface area contributed by atoms with Gasteiger partial charge in [-0.1, -0.05) is 12.1 Å². The molecule has 3 fully saturated rings. The molecular formula is C22H24FN5O2. The minimum atomic E-state index is -0.375. The minimum Gasteiger partial charge on any atom is -0.299 e. The van der Waals surface area contributed by atoms with Crippen molar-refractivity contribution in [2.24, 2.45) is 17.8 Å². The van der Waals surface area contributed by atoms with Crippen LogP contribution in [0.1, 0.15) is 35.7 Å². The number of benzene rings is 1. The Hall–Kier alpha value is -2.71. The van der Waals surface area contributed by atoms with Crippen molar-refractivity contribution in [3.8, 4) is 0 Å². The fourth-order valence-electron chi connectivity index (χ4n) is 5.26. The monoisotopic (exact) mass is 409 g/mol. The summed E-state index contributed by atoms with van der Waals surface area (Å²) in [5, 5.41) is 4.76. The van der Waals surface area contributed by atoms with Crippen molar-refractivity contribution in [1.82, 2.24) is 20.7 Å². The van der Waals surface area contributed by atoms with E-state index in [4.69, 9.17) is 0 Å². The molecule has 5 rings (SSSR count). The first-order valence-electron chi connectivity index (χ1n) is 10.3. The summed E-state index contributed by atoms with van der Waals surface area (Å²) in [5.41, 5.74) is 5.74. The van der Waals surface area contributed by atoms with Crippen molar-refractivity contribution in [3.05, 3.63) is 53.1 Å². The van der Waals surface area contributed by atoms with Crippen LogP contribution in [0, 0.1) is 37.4 Å². The second kappa shape index (κ2) is 7.21. The minimum absolute atomic E-state index is 0.00239. The number of hydrogen-bond acceptors (Lipinski definition) is 6. The number of nitrogens with one attached hydrogen (secondary N) is 2. The number of halogens is 1. The van der Waals surface area contributed by atoms with Crippen molar-refractivity contribution < 1.29 is 14.0 Å². The summed E-state index contributed by atoms with van der Waals surface area (Å²) in [6, 6.07) is 8.21. The molecule has 0 spiro atoms. The van der Waals surface area contributed by atoms with Crippen LogP contribution in [0.25, 0.3) is 0 Å². The van der Waals surface area contributed by atoms with Crippen molar-refractivity contribution in [2.45, 2.75) is 38.8 Å². The predicted octanol–water partition coefficient (Wildman–Crippen LogP) is 2.01. The number of hydrogen-bond donors (Lipinski definition) is 2. The van der Waals surface area contributed by atoms with Gasteiger partial charge in [0.05, 0.1) is 12.1 Å². The third kappa shape index (κ3) is 3.20. The molecule has 0 bridgehead atoms. The van der Waals surface area contributed by atoms with Gasteiger partial charge in [-0.15, -0.1) is 0 Å². The van der Waals surface area contributed by atoms with E-state index in [-0.39, 0.29) is 47.3 Å². The Morgan fingerprint density at radius 2 is 1.80 bits per heavy atom. The molecule has 156 valence electrons. The molecule has 5 atom stereocenters. The van der Waals surface area contributed by atoms with Crippen molar-refractivity contribution in [2.75, 3.05) is 11.6 Å². The summed E-state index contributed by atoms with van der Waals surface area (Å²) in [6.07, 6.45) is 0.889. The van der Waals surface area contributed by atoms with Crippen LogP contribution in [0.15, 0.2) is 30.3 Å². The van der Waals surface area contributed by atoms with Crippen molar-refractivity contribution >= 4 is 17.6 Å². The maximum Gasteiger partial charge on any atom is 0.250 e. The van der Waals surface area contributed by atoms with Crippen LogP contribution in [0.4, 0.5) is 10.3 Å². The molecule has 30 heavy (non-hydrogen) atoms. The normalized spacial score (nSPS) is 30.9. The second-order valence-electron chi connectivity index (χ2n) is 8.59. The maximum absolute atomic E-state index is 13.4. The van der Waals surface area contributed by atoms with E-state index in [1.165, 1.54) is 17.1 Å². The zero-order chi connectivity index (χ0) is 21.0. The largest absolute Gasteiger partial charge is 0.299 e. The van der Waals surface area contributed by atoms with E-state index in [9.17, 15) is 14.0 Å². The number of aromatic nitrogens is 2. The molecule has 3 aliphatic rings. The molecule has 2 saturated heterocycles. The zero-order valence-electron chi connectivity index (χ0n) is 16.9.